The summed E-state index contributed by atoms with van der Waals surface area (Å²) in [5.41, 5.74) is 0.398. The van der Waals surface area contributed by atoms with E-state index in [4.69, 9.17) is 0 Å². The molecule has 0 amide bonds. The highest BCUT2D eigenvalue weighted by molar-refractivity contribution is 5.24. The van der Waals surface area contributed by atoms with Crippen LogP contribution in [0.5, 0.6) is 0 Å². The fourth-order valence-corrected chi connectivity index (χ4v) is 2.70. The fraction of sp³-hybridized carbons (Fsp3) is 0.571. The third kappa shape index (κ3) is 1.87. The van der Waals surface area contributed by atoms with Crippen LogP contribution in [0.1, 0.15) is 25.8 Å². The number of nitrogens with zero attached hydrogens (tertiary/aromatic N) is 1. The van der Waals surface area contributed by atoms with E-state index in [0.717, 1.165) is 18.5 Å². The summed E-state index contributed by atoms with van der Waals surface area (Å²) in [7, 11) is 2.13. The van der Waals surface area contributed by atoms with Gasteiger partial charge >= 0.3 is 0 Å². The first kappa shape index (κ1) is 11.6. The van der Waals surface area contributed by atoms with E-state index >= 15 is 0 Å². The molecular formula is C14H21NO. The van der Waals surface area contributed by atoms with Crippen molar-refractivity contribution in [1.29, 1.82) is 0 Å². The molecule has 1 aliphatic rings. The summed E-state index contributed by atoms with van der Waals surface area (Å²) in [6.45, 7) is 5.27. The lowest BCUT2D eigenvalue weighted by Gasteiger charge is -2.46. The molecule has 2 heteroatoms. The lowest BCUT2D eigenvalue weighted by Crippen LogP contribution is -2.51. The van der Waals surface area contributed by atoms with Crippen molar-refractivity contribution in [2.45, 2.75) is 31.9 Å². The Morgan fingerprint density at radius 3 is 2.50 bits per heavy atom. The molecule has 1 aliphatic heterocycles. The first-order valence-electron chi connectivity index (χ1n) is 6.02. The number of piperidine rings is 1. The van der Waals surface area contributed by atoms with Crippen molar-refractivity contribution in [3.63, 3.8) is 0 Å². The molecule has 0 radical (unpaired) electrons. The van der Waals surface area contributed by atoms with E-state index in [0.29, 0.717) is 6.04 Å². The topological polar surface area (TPSA) is 23.5 Å². The van der Waals surface area contributed by atoms with Crippen molar-refractivity contribution < 1.29 is 5.11 Å². The second kappa shape index (κ2) is 4.19. The Kier molecular flexibility index (Phi) is 3.04. The van der Waals surface area contributed by atoms with Gasteiger partial charge in [0, 0.05) is 18.5 Å². The second-order valence-corrected chi connectivity index (χ2v) is 5.18. The smallest absolute Gasteiger partial charge is 0.0948 e. The van der Waals surface area contributed by atoms with Crippen molar-refractivity contribution >= 4 is 0 Å². The zero-order valence-corrected chi connectivity index (χ0v) is 10.4. The van der Waals surface area contributed by atoms with E-state index in [-0.39, 0.29) is 5.92 Å². The van der Waals surface area contributed by atoms with Gasteiger partial charge < -0.3 is 10.0 Å². The quantitative estimate of drug-likeness (QED) is 0.783. The van der Waals surface area contributed by atoms with Gasteiger partial charge in [0.05, 0.1) is 5.60 Å². The molecule has 1 saturated heterocycles. The highest BCUT2D eigenvalue weighted by atomic mass is 16.3. The molecule has 1 aromatic rings. The minimum absolute atomic E-state index is 0.274. The molecule has 1 N–H and O–H groups in total. The molecule has 0 aliphatic carbocycles. The molecule has 1 fully saturated rings. The molecule has 3 atom stereocenters. The maximum atomic E-state index is 10.9. The van der Waals surface area contributed by atoms with Crippen LogP contribution in [0.4, 0.5) is 0 Å². The molecule has 2 nitrogen and oxygen atoms in total. The molecule has 16 heavy (non-hydrogen) atoms. The number of hydrogen-bond acceptors (Lipinski definition) is 2. The normalized spacial score (nSPS) is 36.2. The van der Waals surface area contributed by atoms with Gasteiger partial charge in [-0.1, -0.05) is 37.3 Å². The average molecular weight is 219 g/mol. The molecule has 1 heterocycles. The largest absolute Gasteiger partial charge is 0.385 e. The van der Waals surface area contributed by atoms with E-state index in [9.17, 15) is 5.11 Å². The van der Waals surface area contributed by atoms with Gasteiger partial charge in [0.2, 0.25) is 0 Å². The Balaban J connectivity index is 2.31. The average Bonchev–Trinajstić information content (AvgIpc) is 2.28. The van der Waals surface area contributed by atoms with Crippen LogP contribution in [0, 0.1) is 5.92 Å². The third-order valence-electron chi connectivity index (χ3n) is 4.01. The Hall–Kier alpha value is -0.860. The van der Waals surface area contributed by atoms with Gasteiger partial charge in [0.25, 0.3) is 0 Å². The summed E-state index contributed by atoms with van der Waals surface area (Å²) < 4.78 is 0. The number of hydrogen-bond donors (Lipinski definition) is 1. The molecule has 0 bridgehead atoms. The van der Waals surface area contributed by atoms with Crippen LogP contribution in [-0.2, 0) is 5.60 Å². The molecule has 1 aromatic carbocycles. The minimum Gasteiger partial charge on any atom is -0.385 e. The monoisotopic (exact) mass is 219 g/mol. The molecule has 0 saturated carbocycles. The van der Waals surface area contributed by atoms with Crippen LogP contribution in [0.25, 0.3) is 0 Å². The number of likely N-dealkylation sites (tertiary alicyclic amines) is 1. The van der Waals surface area contributed by atoms with E-state index in [1.165, 1.54) is 0 Å². The molecule has 0 spiro atoms. The van der Waals surface area contributed by atoms with Gasteiger partial charge in [0.1, 0.15) is 0 Å². The van der Waals surface area contributed by atoms with Crippen LogP contribution in [0.2, 0.25) is 0 Å². The lowest BCUT2D eigenvalue weighted by molar-refractivity contribution is -0.0843. The first-order valence-corrected chi connectivity index (χ1v) is 6.02. The van der Waals surface area contributed by atoms with Crippen LogP contribution in [-0.4, -0.2) is 29.6 Å². The van der Waals surface area contributed by atoms with E-state index in [1.54, 1.807) is 0 Å². The third-order valence-corrected chi connectivity index (χ3v) is 4.01. The van der Waals surface area contributed by atoms with Gasteiger partial charge in [-0.3, -0.25) is 0 Å². The Morgan fingerprint density at radius 1 is 1.25 bits per heavy atom. The second-order valence-electron chi connectivity index (χ2n) is 5.18. The molecule has 0 unspecified atom stereocenters. The van der Waals surface area contributed by atoms with Gasteiger partial charge in [-0.25, -0.2) is 0 Å². The van der Waals surface area contributed by atoms with E-state index in [2.05, 4.69) is 25.8 Å². The van der Waals surface area contributed by atoms with E-state index < -0.39 is 5.60 Å². The Morgan fingerprint density at radius 2 is 1.88 bits per heavy atom. The van der Waals surface area contributed by atoms with Gasteiger partial charge in [0.15, 0.2) is 0 Å². The van der Waals surface area contributed by atoms with Crippen LogP contribution in [0.15, 0.2) is 30.3 Å². The van der Waals surface area contributed by atoms with Crippen LogP contribution >= 0.6 is 0 Å². The lowest BCUT2D eigenvalue weighted by atomic mass is 9.74. The highest BCUT2D eigenvalue weighted by Crippen LogP contribution is 2.39. The SMILES string of the molecule is C[C@@H]1CN(C)[C@@H](C)C[C@]1(O)c1ccccc1. The van der Waals surface area contributed by atoms with Gasteiger partial charge in [-0.05, 0) is 26.0 Å². The summed E-state index contributed by atoms with van der Waals surface area (Å²) in [5.74, 6) is 0.274. The summed E-state index contributed by atoms with van der Waals surface area (Å²) in [4.78, 5) is 2.32. The highest BCUT2D eigenvalue weighted by Gasteiger charge is 2.42. The Bertz CT molecular complexity index is 351. The summed E-state index contributed by atoms with van der Waals surface area (Å²) >= 11 is 0. The zero-order valence-electron chi connectivity index (χ0n) is 10.4. The van der Waals surface area contributed by atoms with Crippen molar-refractivity contribution in [2.75, 3.05) is 13.6 Å². The van der Waals surface area contributed by atoms with Crippen LogP contribution in [0.3, 0.4) is 0 Å². The van der Waals surface area contributed by atoms with Crippen molar-refractivity contribution in [3.8, 4) is 0 Å². The number of benzene rings is 1. The van der Waals surface area contributed by atoms with E-state index in [1.807, 2.05) is 30.3 Å². The number of aliphatic hydroxyl groups is 1. The predicted molar refractivity (Wildman–Crippen MR) is 66.2 cm³/mol. The molecule has 0 aromatic heterocycles. The van der Waals surface area contributed by atoms with Crippen molar-refractivity contribution in [2.24, 2.45) is 5.92 Å². The maximum absolute atomic E-state index is 10.9. The summed E-state index contributed by atoms with van der Waals surface area (Å²) in [6.07, 6.45) is 0.814. The first-order chi connectivity index (χ1) is 7.54. The van der Waals surface area contributed by atoms with Crippen LogP contribution < -0.4 is 0 Å². The van der Waals surface area contributed by atoms with Gasteiger partial charge in [-0.15, -0.1) is 0 Å². The summed E-state index contributed by atoms with van der Waals surface area (Å²) in [5, 5.41) is 10.9. The molecule has 88 valence electrons. The molecule has 2 rings (SSSR count). The van der Waals surface area contributed by atoms with Crippen molar-refractivity contribution in [3.05, 3.63) is 35.9 Å². The van der Waals surface area contributed by atoms with Crippen molar-refractivity contribution in [1.82, 2.24) is 4.90 Å². The predicted octanol–water partition coefficient (Wildman–Crippen LogP) is 2.23. The summed E-state index contributed by atoms with van der Waals surface area (Å²) in [6, 6.07) is 10.5. The number of rotatable bonds is 1. The standard InChI is InChI=1S/C14H21NO/c1-11-10-15(3)12(2)9-14(11,16)13-7-5-4-6-8-13/h4-8,11-12,16H,9-10H2,1-3H3/t11-,12+,14-/m1/s1. The maximum Gasteiger partial charge on any atom is 0.0948 e. The zero-order chi connectivity index (χ0) is 11.8. The fourth-order valence-electron chi connectivity index (χ4n) is 2.70. The van der Waals surface area contributed by atoms with Gasteiger partial charge in [-0.2, -0.15) is 0 Å². The Labute approximate surface area is 97.9 Å². The molecular weight excluding hydrogens is 198 g/mol. The minimum atomic E-state index is -0.660.